The lowest BCUT2D eigenvalue weighted by Crippen LogP contribution is -2.15. The third-order valence-electron chi connectivity index (χ3n) is 3.04. The Kier molecular flexibility index (Phi) is 3.73. The Bertz CT molecular complexity index is 442. The Hall–Kier alpha value is -0.940. The molecule has 18 heavy (non-hydrogen) atoms. The van der Waals surface area contributed by atoms with Crippen molar-refractivity contribution in [2.45, 2.75) is 25.1 Å². The van der Waals surface area contributed by atoms with Crippen LogP contribution < -0.4 is 10.1 Å². The molecule has 1 aliphatic heterocycles. The number of methoxy groups -OCH3 is 1. The van der Waals surface area contributed by atoms with Crippen molar-refractivity contribution in [3.05, 3.63) is 28.3 Å². The van der Waals surface area contributed by atoms with Crippen molar-refractivity contribution in [3.63, 3.8) is 0 Å². The van der Waals surface area contributed by atoms with Crippen molar-refractivity contribution in [1.29, 1.82) is 0 Å². The Morgan fingerprint density at radius 1 is 1.39 bits per heavy atom. The van der Waals surface area contributed by atoms with Crippen LogP contribution >= 0.6 is 11.6 Å². The highest BCUT2D eigenvalue weighted by Crippen LogP contribution is 2.42. The molecule has 1 aliphatic rings. The number of alkyl halides is 3. The van der Waals surface area contributed by atoms with E-state index in [0.717, 1.165) is 25.5 Å². The quantitative estimate of drug-likeness (QED) is 0.889. The van der Waals surface area contributed by atoms with Crippen LogP contribution in [-0.2, 0) is 6.18 Å². The minimum atomic E-state index is -4.47. The van der Waals surface area contributed by atoms with Crippen LogP contribution in [0.4, 0.5) is 13.2 Å². The van der Waals surface area contributed by atoms with Crippen molar-refractivity contribution in [3.8, 4) is 5.75 Å². The smallest absolute Gasteiger partial charge is 0.420 e. The molecule has 1 heterocycles. The van der Waals surface area contributed by atoms with E-state index in [2.05, 4.69) is 5.32 Å². The zero-order chi connectivity index (χ0) is 13.3. The monoisotopic (exact) mass is 279 g/mol. The highest BCUT2D eigenvalue weighted by atomic mass is 35.5. The van der Waals surface area contributed by atoms with Gasteiger partial charge in [-0.2, -0.15) is 13.2 Å². The first-order valence-corrected chi connectivity index (χ1v) is 5.99. The van der Waals surface area contributed by atoms with Gasteiger partial charge in [0.05, 0.1) is 17.7 Å². The zero-order valence-electron chi connectivity index (χ0n) is 9.77. The first kappa shape index (κ1) is 13.5. The average Bonchev–Trinajstić information content (AvgIpc) is 2.80. The van der Waals surface area contributed by atoms with Crippen LogP contribution in [0.15, 0.2) is 12.1 Å². The summed E-state index contributed by atoms with van der Waals surface area (Å²) in [5, 5.41) is 3.15. The van der Waals surface area contributed by atoms with E-state index >= 15 is 0 Å². The predicted octanol–water partition coefficient (Wildman–Crippen LogP) is 3.79. The summed E-state index contributed by atoms with van der Waals surface area (Å²) in [6.07, 6.45) is -2.70. The topological polar surface area (TPSA) is 21.3 Å². The maximum Gasteiger partial charge on any atom is 0.420 e. The summed E-state index contributed by atoms with van der Waals surface area (Å²) in [6.45, 7) is 0.815. The molecule has 0 spiro atoms. The maximum absolute atomic E-state index is 12.9. The summed E-state index contributed by atoms with van der Waals surface area (Å²) in [7, 11) is 1.18. The number of hydrogen-bond donors (Lipinski definition) is 1. The molecular formula is C12H13ClF3NO. The van der Waals surface area contributed by atoms with E-state index in [4.69, 9.17) is 16.3 Å². The van der Waals surface area contributed by atoms with Gasteiger partial charge in [-0.25, -0.2) is 0 Å². The molecule has 1 fully saturated rings. The molecule has 1 saturated heterocycles. The Morgan fingerprint density at radius 3 is 2.61 bits per heavy atom. The lowest BCUT2D eigenvalue weighted by atomic mass is 10.0. The van der Waals surface area contributed by atoms with Gasteiger partial charge >= 0.3 is 6.18 Å². The van der Waals surface area contributed by atoms with E-state index in [9.17, 15) is 13.2 Å². The maximum atomic E-state index is 12.9. The molecule has 100 valence electrons. The van der Waals surface area contributed by atoms with Crippen molar-refractivity contribution in [2.75, 3.05) is 13.7 Å². The summed E-state index contributed by atoms with van der Waals surface area (Å²) in [5.41, 5.74) is -0.258. The van der Waals surface area contributed by atoms with E-state index < -0.39 is 11.7 Å². The minimum absolute atomic E-state index is 0.00368. The van der Waals surface area contributed by atoms with Gasteiger partial charge in [-0.1, -0.05) is 11.6 Å². The Balaban J connectivity index is 2.48. The normalized spacial score (nSPS) is 20.2. The largest absolute Gasteiger partial charge is 0.495 e. The highest BCUT2D eigenvalue weighted by Gasteiger charge is 2.36. The van der Waals surface area contributed by atoms with Gasteiger partial charge < -0.3 is 10.1 Å². The fourth-order valence-electron chi connectivity index (χ4n) is 2.20. The average molecular weight is 280 g/mol. The van der Waals surface area contributed by atoms with Gasteiger partial charge in [0, 0.05) is 6.04 Å². The molecule has 1 aromatic carbocycles. The van der Waals surface area contributed by atoms with E-state index in [1.165, 1.54) is 7.11 Å². The second-order valence-corrected chi connectivity index (χ2v) is 4.64. The van der Waals surface area contributed by atoms with Gasteiger partial charge in [-0.15, -0.1) is 0 Å². The van der Waals surface area contributed by atoms with E-state index in [-0.39, 0.29) is 16.8 Å². The second-order valence-electron chi connectivity index (χ2n) is 4.23. The summed E-state index contributed by atoms with van der Waals surface area (Å²) in [5.74, 6) is -0.314. The lowest BCUT2D eigenvalue weighted by molar-refractivity contribution is -0.138. The molecule has 0 amide bonds. The summed E-state index contributed by atoms with van der Waals surface area (Å²) in [6, 6.07) is 2.60. The third-order valence-corrected chi connectivity index (χ3v) is 3.32. The van der Waals surface area contributed by atoms with Gasteiger partial charge in [0.1, 0.15) is 5.75 Å². The molecule has 1 unspecified atom stereocenters. The molecule has 0 aliphatic carbocycles. The highest BCUT2D eigenvalue weighted by molar-refractivity contribution is 6.32. The molecule has 2 rings (SSSR count). The number of benzene rings is 1. The van der Waals surface area contributed by atoms with Crippen molar-refractivity contribution in [1.82, 2.24) is 5.32 Å². The molecule has 0 aromatic heterocycles. The van der Waals surface area contributed by atoms with Crippen LogP contribution in [0.3, 0.4) is 0 Å². The molecule has 0 bridgehead atoms. The summed E-state index contributed by atoms with van der Waals surface area (Å²) < 4.78 is 43.5. The number of rotatable bonds is 2. The van der Waals surface area contributed by atoms with Gasteiger partial charge in [0.25, 0.3) is 0 Å². The first-order chi connectivity index (χ1) is 8.43. The predicted molar refractivity (Wildman–Crippen MR) is 63.0 cm³/mol. The Labute approximate surface area is 108 Å². The minimum Gasteiger partial charge on any atom is -0.495 e. The molecule has 1 N–H and O–H groups in total. The molecule has 2 nitrogen and oxygen atoms in total. The first-order valence-electron chi connectivity index (χ1n) is 5.61. The Morgan fingerprint density at radius 2 is 2.11 bits per heavy atom. The van der Waals surface area contributed by atoms with E-state index in [0.29, 0.717) is 5.56 Å². The molecular weight excluding hydrogens is 267 g/mol. The second kappa shape index (κ2) is 4.97. The van der Waals surface area contributed by atoms with Crippen molar-refractivity contribution < 1.29 is 17.9 Å². The van der Waals surface area contributed by atoms with Gasteiger partial charge in [0.15, 0.2) is 0 Å². The SMILES string of the molecule is COc1c(Cl)cc(C2CCCN2)cc1C(F)(F)F. The fourth-order valence-corrected chi connectivity index (χ4v) is 2.51. The molecule has 6 heteroatoms. The van der Waals surface area contributed by atoms with Crippen LogP contribution in [0.1, 0.15) is 30.0 Å². The number of hydrogen-bond acceptors (Lipinski definition) is 2. The van der Waals surface area contributed by atoms with Crippen LogP contribution in [0.25, 0.3) is 0 Å². The molecule has 1 aromatic rings. The number of halogens is 4. The summed E-state index contributed by atoms with van der Waals surface area (Å²) in [4.78, 5) is 0. The molecule has 0 radical (unpaired) electrons. The molecule has 0 saturated carbocycles. The zero-order valence-corrected chi connectivity index (χ0v) is 10.5. The summed E-state index contributed by atoms with van der Waals surface area (Å²) >= 11 is 5.87. The standard InChI is InChI=1S/C12H13ClF3NO/c1-18-11-8(12(14,15)16)5-7(6-9(11)13)10-3-2-4-17-10/h5-6,10,17H,2-4H2,1H3. The van der Waals surface area contributed by atoms with Crippen molar-refractivity contribution in [2.24, 2.45) is 0 Å². The van der Waals surface area contributed by atoms with E-state index in [1.807, 2.05) is 0 Å². The van der Waals surface area contributed by atoms with Crippen LogP contribution in [0.2, 0.25) is 5.02 Å². The van der Waals surface area contributed by atoms with Crippen LogP contribution in [-0.4, -0.2) is 13.7 Å². The third kappa shape index (κ3) is 2.57. The van der Waals surface area contributed by atoms with Gasteiger partial charge in [-0.3, -0.25) is 0 Å². The van der Waals surface area contributed by atoms with Crippen molar-refractivity contribution >= 4 is 11.6 Å². The fraction of sp³-hybridized carbons (Fsp3) is 0.500. The lowest BCUT2D eigenvalue weighted by Gasteiger charge is -2.18. The van der Waals surface area contributed by atoms with Crippen LogP contribution in [0.5, 0.6) is 5.75 Å². The number of nitrogens with one attached hydrogen (secondary N) is 1. The molecule has 1 atom stereocenters. The van der Waals surface area contributed by atoms with E-state index in [1.54, 1.807) is 6.07 Å². The van der Waals surface area contributed by atoms with Gasteiger partial charge in [0.2, 0.25) is 0 Å². The van der Waals surface area contributed by atoms with Gasteiger partial charge in [-0.05, 0) is 37.1 Å². The number of ether oxygens (including phenoxy) is 1. The van der Waals surface area contributed by atoms with Crippen LogP contribution in [0, 0.1) is 0 Å².